The van der Waals surface area contributed by atoms with Crippen molar-refractivity contribution in [3.8, 4) is 28.5 Å². The van der Waals surface area contributed by atoms with Gasteiger partial charge in [0.1, 0.15) is 17.2 Å². The number of nitrogens with zero attached hydrogens (tertiary/aromatic N) is 3. The SMILES string of the molecule is CN=c1scc(-c2ccc3c(c2)NC(=O)CO3)n1N=Cc1ccc(O)cc1O. The van der Waals surface area contributed by atoms with Crippen LogP contribution in [0.3, 0.4) is 0 Å². The molecular formula is C19H16N4O4S. The molecule has 1 aliphatic rings. The number of aromatic hydroxyl groups is 2. The molecule has 1 aliphatic heterocycles. The van der Waals surface area contributed by atoms with Crippen molar-refractivity contribution in [2.24, 2.45) is 10.1 Å². The zero-order valence-corrected chi connectivity index (χ0v) is 15.6. The number of hydrogen-bond donors (Lipinski definition) is 3. The van der Waals surface area contributed by atoms with Gasteiger partial charge in [0.15, 0.2) is 6.61 Å². The molecule has 0 aliphatic carbocycles. The standard InChI is InChI=1S/C19H16N4O4S/c1-20-19-23(21-8-12-2-4-13(24)7-16(12)25)15(10-28-19)11-3-5-17-14(6-11)22-18(26)9-27-17/h2-8,10,24-25H,9H2,1H3,(H,22,26). The fraction of sp³-hybridized carbons (Fsp3) is 0.105. The fourth-order valence-corrected chi connectivity index (χ4v) is 3.57. The number of phenols is 2. The van der Waals surface area contributed by atoms with Gasteiger partial charge in [0.25, 0.3) is 5.91 Å². The van der Waals surface area contributed by atoms with E-state index < -0.39 is 0 Å². The van der Waals surface area contributed by atoms with E-state index in [-0.39, 0.29) is 24.0 Å². The van der Waals surface area contributed by atoms with Crippen LogP contribution < -0.4 is 14.9 Å². The Morgan fingerprint density at radius 1 is 1.25 bits per heavy atom. The second-order valence-electron chi connectivity index (χ2n) is 5.97. The van der Waals surface area contributed by atoms with E-state index in [0.29, 0.717) is 21.8 Å². The summed E-state index contributed by atoms with van der Waals surface area (Å²) >= 11 is 1.41. The van der Waals surface area contributed by atoms with E-state index in [2.05, 4.69) is 15.4 Å². The number of benzene rings is 2. The molecule has 1 aromatic heterocycles. The second kappa shape index (κ2) is 7.20. The molecule has 0 unspecified atom stereocenters. The second-order valence-corrected chi connectivity index (χ2v) is 6.81. The van der Waals surface area contributed by atoms with Crippen LogP contribution in [0, 0.1) is 0 Å². The summed E-state index contributed by atoms with van der Waals surface area (Å²) in [5.41, 5.74) is 2.64. The minimum Gasteiger partial charge on any atom is -0.508 e. The third kappa shape index (κ3) is 3.35. The molecule has 8 nitrogen and oxygen atoms in total. The number of phenolic OH excluding ortho intramolecular Hbond substituents is 2. The van der Waals surface area contributed by atoms with Crippen molar-refractivity contribution < 1.29 is 19.7 Å². The lowest BCUT2D eigenvalue weighted by Gasteiger charge is -2.18. The summed E-state index contributed by atoms with van der Waals surface area (Å²) in [7, 11) is 1.67. The van der Waals surface area contributed by atoms with Crippen molar-refractivity contribution in [1.82, 2.24) is 4.68 Å². The number of aromatic nitrogens is 1. The molecule has 0 atom stereocenters. The van der Waals surface area contributed by atoms with Crippen molar-refractivity contribution in [3.63, 3.8) is 0 Å². The highest BCUT2D eigenvalue weighted by molar-refractivity contribution is 7.07. The molecule has 28 heavy (non-hydrogen) atoms. The highest BCUT2D eigenvalue weighted by Crippen LogP contribution is 2.33. The molecule has 0 radical (unpaired) electrons. The normalized spacial score (nSPS) is 14.0. The first-order valence-corrected chi connectivity index (χ1v) is 9.20. The Labute approximate surface area is 163 Å². The summed E-state index contributed by atoms with van der Waals surface area (Å²) in [5.74, 6) is 0.307. The summed E-state index contributed by atoms with van der Waals surface area (Å²) in [6.45, 7) is 0.00404. The van der Waals surface area contributed by atoms with E-state index in [1.54, 1.807) is 23.9 Å². The van der Waals surface area contributed by atoms with Gasteiger partial charge in [0, 0.05) is 29.6 Å². The third-order valence-electron chi connectivity index (χ3n) is 4.11. The van der Waals surface area contributed by atoms with E-state index in [0.717, 1.165) is 11.3 Å². The van der Waals surface area contributed by atoms with Gasteiger partial charge in [-0.05, 0) is 30.3 Å². The Kier molecular flexibility index (Phi) is 4.58. The molecule has 0 bridgehead atoms. The number of carbonyl (C=O) groups excluding carboxylic acids is 1. The predicted molar refractivity (Wildman–Crippen MR) is 106 cm³/mol. The van der Waals surface area contributed by atoms with E-state index in [1.165, 1.54) is 29.7 Å². The zero-order valence-electron chi connectivity index (χ0n) is 14.8. The van der Waals surface area contributed by atoms with Gasteiger partial charge < -0.3 is 20.3 Å². The van der Waals surface area contributed by atoms with Gasteiger partial charge in [-0.25, -0.2) is 4.68 Å². The predicted octanol–water partition coefficient (Wildman–Crippen LogP) is 2.37. The smallest absolute Gasteiger partial charge is 0.262 e. The Balaban J connectivity index is 1.76. The average Bonchev–Trinajstić information content (AvgIpc) is 3.09. The number of carbonyl (C=O) groups is 1. The molecule has 0 spiro atoms. The van der Waals surface area contributed by atoms with Crippen LogP contribution >= 0.6 is 11.3 Å². The minimum atomic E-state index is -0.201. The van der Waals surface area contributed by atoms with E-state index in [1.807, 2.05) is 17.5 Å². The molecule has 3 N–H and O–H groups in total. The molecule has 3 aromatic rings. The zero-order chi connectivity index (χ0) is 19.7. The first-order chi connectivity index (χ1) is 13.5. The molecule has 0 fully saturated rings. The van der Waals surface area contributed by atoms with E-state index >= 15 is 0 Å². The lowest BCUT2D eigenvalue weighted by Crippen LogP contribution is -2.25. The topological polar surface area (TPSA) is 108 Å². The van der Waals surface area contributed by atoms with Crippen molar-refractivity contribution >= 4 is 29.1 Å². The largest absolute Gasteiger partial charge is 0.508 e. The van der Waals surface area contributed by atoms with Crippen LogP contribution in [0.2, 0.25) is 0 Å². The maximum atomic E-state index is 11.6. The van der Waals surface area contributed by atoms with Crippen LogP contribution in [-0.4, -0.2) is 40.7 Å². The van der Waals surface area contributed by atoms with Crippen molar-refractivity contribution in [2.75, 3.05) is 19.0 Å². The van der Waals surface area contributed by atoms with Gasteiger partial charge in [-0.2, -0.15) is 5.10 Å². The molecule has 9 heteroatoms. The molecular weight excluding hydrogens is 380 g/mol. The lowest BCUT2D eigenvalue weighted by molar-refractivity contribution is -0.118. The number of fused-ring (bicyclic) bond motifs is 1. The Hall–Kier alpha value is -3.59. The number of rotatable bonds is 3. The number of amides is 1. The minimum absolute atomic E-state index is 0.00404. The van der Waals surface area contributed by atoms with Crippen LogP contribution in [0.4, 0.5) is 5.69 Å². The lowest BCUT2D eigenvalue weighted by atomic mass is 10.1. The number of hydrogen-bond acceptors (Lipinski definition) is 7. The molecule has 2 heterocycles. The van der Waals surface area contributed by atoms with E-state index in [4.69, 9.17) is 4.74 Å². The van der Waals surface area contributed by atoms with Gasteiger partial charge >= 0.3 is 0 Å². The van der Waals surface area contributed by atoms with Gasteiger partial charge in [0.2, 0.25) is 4.80 Å². The number of anilines is 1. The summed E-state index contributed by atoms with van der Waals surface area (Å²) < 4.78 is 7.04. The fourth-order valence-electron chi connectivity index (χ4n) is 2.76. The van der Waals surface area contributed by atoms with Crippen LogP contribution in [0.5, 0.6) is 17.2 Å². The van der Waals surface area contributed by atoms with Gasteiger partial charge in [-0.15, -0.1) is 11.3 Å². The Morgan fingerprint density at radius 2 is 2.11 bits per heavy atom. The number of thiazole rings is 1. The first kappa shape index (κ1) is 17.8. The van der Waals surface area contributed by atoms with Gasteiger partial charge in [-0.3, -0.25) is 9.79 Å². The first-order valence-electron chi connectivity index (χ1n) is 8.32. The van der Waals surface area contributed by atoms with E-state index in [9.17, 15) is 15.0 Å². The molecule has 1 amide bonds. The molecule has 0 saturated carbocycles. The molecule has 0 saturated heterocycles. The quantitative estimate of drug-likeness (QED) is 0.591. The average molecular weight is 396 g/mol. The molecule has 4 rings (SSSR count). The van der Waals surface area contributed by atoms with Crippen molar-refractivity contribution in [2.45, 2.75) is 0 Å². The summed E-state index contributed by atoms with van der Waals surface area (Å²) in [5, 5.41) is 28.5. The van der Waals surface area contributed by atoms with Crippen LogP contribution in [0.15, 0.2) is 51.9 Å². The summed E-state index contributed by atoms with van der Waals surface area (Å²) in [6, 6.07) is 9.77. The van der Waals surface area contributed by atoms with Crippen LogP contribution in [0.25, 0.3) is 11.3 Å². The van der Waals surface area contributed by atoms with Gasteiger partial charge in [-0.1, -0.05) is 0 Å². The monoisotopic (exact) mass is 396 g/mol. The van der Waals surface area contributed by atoms with Crippen LogP contribution in [0.1, 0.15) is 5.56 Å². The van der Waals surface area contributed by atoms with Crippen molar-refractivity contribution in [1.29, 1.82) is 0 Å². The van der Waals surface area contributed by atoms with Crippen molar-refractivity contribution in [3.05, 3.63) is 52.1 Å². The highest BCUT2D eigenvalue weighted by Gasteiger charge is 2.17. The molecule has 2 aromatic carbocycles. The maximum absolute atomic E-state index is 11.6. The van der Waals surface area contributed by atoms with Crippen LogP contribution in [-0.2, 0) is 4.79 Å². The Morgan fingerprint density at radius 3 is 2.89 bits per heavy atom. The number of nitrogens with one attached hydrogen (secondary N) is 1. The third-order valence-corrected chi connectivity index (χ3v) is 5.02. The van der Waals surface area contributed by atoms with Gasteiger partial charge in [0.05, 0.1) is 17.6 Å². The summed E-state index contributed by atoms with van der Waals surface area (Å²) in [4.78, 5) is 16.5. The highest BCUT2D eigenvalue weighted by atomic mass is 32.1. The molecule has 142 valence electrons. The number of ether oxygens (including phenoxy) is 1. The summed E-state index contributed by atoms with van der Waals surface area (Å²) in [6.07, 6.45) is 1.49. The Bertz CT molecular complexity index is 1160. The maximum Gasteiger partial charge on any atom is 0.262 e.